The number of thiazole rings is 1. The summed E-state index contributed by atoms with van der Waals surface area (Å²) in [6, 6.07) is 21.4. The lowest BCUT2D eigenvalue weighted by Crippen LogP contribution is -2.23. The largest absolute Gasteiger partial charge is 0.463 e. The third kappa shape index (κ3) is 3.46. The van der Waals surface area contributed by atoms with Gasteiger partial charge in [-0.3, -0.25) is 4.79 Å². The molecule has 0 radical (unpaired) electrons. The van der Waals surface area contributed by atoms with E-state index >= 15 is 0 Å². The lowest BCUT2D eigenvalue weighted by Gasteiger charge is -1.98. The summed E-state index contributed by atoms with van der Waals surface area (Å²) >= 11 is 1.30. The van der Waals surface area contributed by atoms with Gasteiger partial charge in [0.05, 0.1) is 16.5 Å². The van der Waals surface area contributed by atoms with E-state index in [4.69, 9.17) is 9.52 Å². The number of nitrogens with zero attached hydrogens (tertiary/aromatic N) is 5. The van der Waals surface area contributed by atoms with Crippen LogP contribution < -0.4 is 10.1 Å². The molecule has 2 aromatic carbocycles. The van der Waals surface area contributed by atoms with E-state index in [0.29, 0.717) is 26.8 Å². The fourth-order valence-corrected chi connectivity index (χ4v) is 4.59. The summed E-state index contributed by atoms with van der Waals surface area (Å²) in [5.41, 5.74) is 4.14. The van der Waals surface area contributed by atoms with Crippen LogP contribution in [0, 0.1) is 6.92 Å². The van der Waals surface area contributed by atoms with Crippen LogP contribution in [0.4, 0.5) is 0 Å². The Kier molecular flexibility index (Phi) is 4.51. The van der Waals surface area contributed by atoms with E-state index in [-0.39, 0.29) is 5.56 Å². The zero-order chi connectivity index (χ0) is 22.4. The Bertz CT molecular complexity index is 1700. The standard InChI is InChI=1S/C25H17N5O2S/c1-16-7-5-8-17(13-16)23-26-25-30(28-23)24(31)21(33-25)14-18-15-29(19-9-3-2-4-10-19)27-22(18)20-11-6-12-32-20/h2-15H,1H3. The monoisotopic (exact) mass is 451 g/mol. The van der Waals surface area contributed by atoms with Crippen LogP contribution in [-0.2, 0) is 0 Å². The SMILES string of the molecule is Cc1cccc(-c2nc3sc(=Cc4cn(-c5ccccc5)nc4-c4ccco4)c(=O)n3n2)c1. The Hall–Kier alpha value is -4.30. The quantitative estimate of drug-likeness (QED) is 0.403. The summed E-state index contributed by atoms with van der Waals surface area (Å²) in [5, 5.41) is 9.16. The maximum absolute atomic E-state index is 13.1. The Balaban J connectivity index is 1.48. The van der Waals surface area contributed by atoms with Crippen molar-refractivity contribution in [1.82, 2.24) is 24.4 Å². The molecule has 0 aliphatic heterocycles. The molecule has 0 bridgehead atoms. The molecule has 0 aliphatic carbocycles. The van der Waals surface area contributed by atoms with E-state index in [1.54, 1.807) is 10.9 Å². The van der Waals surface area contributed by atoms with Gasteiger partial charge in [0.25, 0.3) is 5.56 Å². The van der Waals surface area contributed by atoms with E-state index in [0.717, 1.165) is 22.4 Å². The van der Waals surface area contributed by atoms with Crippen molar-refractivity contribution in [3.8, 4) is 28.5 Å². The van der Waals surface area contributed by atoms with Crippen molar-refractivity contribution in [3.05, 3.63) is 105 Å². The average molecular weight is 452 g/mol. The fourth-order valence-electron chi connectivity index (χ4n) is 3.69. The minimum Gasteiger partial charge on any atom is -0.463 e. The summed E-state index contributed by atoms with van der Waals surface area (Å²) in [6.07, 6.45) is 5.32. The van der Waals surface area contributed by atoms with Gasteiger partial charge in [-0.2, -0.15) is 14.6 Å². The van der Waals surface area contributed by atoms with Gasteiger partial charge in [0.15, 0.2) is 11.6 Å². The molecule has 0 N–H and O–H groups in total. The third-order valence-electron chi connectivity index (χ3n) is 5.26. The second-order valence-corrected chi connectivity index (χ2v) is 8.61. The molecule has 0 saturated carbocycles. The number of hydrogen-bond acceptors (Lipinski definition) is 6. The molecule has 0 fully saturated rings. The van der Waals surface area contributed by atoms with Crippen LogP contribution in [0.2, 0.25) is 0 Å². The molecule has 0 spiro atoms. The van der Waals surface area contributed by atoms with Gasteiger partial charge in [0, 0.05) is 17.3 Å². The Labute approximate surface area is 191 Å². The molecule has 4 heterocycles. The highest BCUT2D eigenvalue weighted by atomic mass is 32.1. The van der Waals surface area contributed by atoms with Gasteiger partial charge in [0.1, 0.15) is 5.69 Å². The molecule has 6 rings (SSSR count). The summed E-state index contributed by atoms with van der Waals surface area (Å²) in [7, 11) is 0. The van der Waals surface area contributed by atoms with Crippen LogP contribution in [0.25, 0.3) is 39.6 Å². The summed E-state index contributed by atoms with van der Waals surface area (Å²) in [4.78, 5) is 18.2. The second-order valence-electron chi connectivity index (χ2n) is 7.61. The first-order chi connectivity index (χ1) is 16.2. The molecule has 4 aromatic heterocycles. The van der Waals surface area contributed by atoms with Gasteiger partial charge < -0.3 is 4.42 Å². The van der Waals surface area contributed by atoms with E-state index in [1.807, 2.05) is 85.9 Å². The average Bonchev–Trinajstić information content (AvgIpc) is 3.61. The van der Waals surface area contributed by atoms with Crippen molar-refractivity contribution in [3.63, 3.8) is 0 Å². The fraction of sp³-hybridized carbons (Fsp3) is 0.0400. The first kappa shape index (κ1) is 19.4. The van der Waals surface area contributed by atoms with Crippen molar-refractivity contribution in [2.24, 2.45) is 0 Å². The van der Waals surface area contributed by atoms with Crippen molar-refractivity contribution in [2.45, 2.75) is 6.92 Å². The van der Waals surface area contributed by atoms with Crippen LogP contribution in [0.3, 0.4) is 0 Å². The molecule has 7 nitrogen and oxygen atoms in total. The smallest absolute Gasteiger partial charge is 0.291 e. The van der Waals surface area contributed by atoms with Crippen molar-refractivity contribution < 1.29 is 4.42 Å². The molecule has 6 aromatic rings. The highest BCUT2D eigenvalue weighted by Crippen LogP contribution is 2.25. The summed E-state index contributed by atoms with van der Waals surface area (Å²) < 4.78 is 9.27. The molecule has 0 unspecified atom stereocenters. The van der Waals surface area contributed by atoms with Gasteiger partial charge in [-0.25, -0.2) is 4.68 Å². The number of hydrogen-bond donors (Lipinski definition) is 0. The molecular formula is C25H17N5O2S. The topological polar surface area (TPSA) is 78.2 Å². The maximum atomic E-state index is 13.1. The first-order valence-corrected chi connectivity index (χ1v) is 11.1. The van der Waals surface area contributed by atoms with Crippen molar-refractivity contribution in [1.29, 1.82) is 0 Å². The molecule has 0 atom stereocenters. The van der Waals surface area contributed by atoms with Gasteiger partial charge in [-0.05, 0) is 43.3 Å². The predicted molar refractivity (Wildman–Crippen MR) is 127 cm³/mol. The van der Waals surface area contributed by atoms with Gasteiger partial charge in [-0.15, -0.1) is 5.10 Å². The number of fused-ring (bicyclic) bond motifs is 1. The molecule has 0 aliphatic rings. The van der Waals surface area contributed by atoms with Crippen LogP contribution in [0.15, 0.2) is 88.4 Å². The Morgan fingerprint density at radius 1 is 1.00 bits per heavy atom. The summed E-state index contributed by atoms with van der Waals surface area (Å²) in [5.74, 6) is 1.17. The van der Waals surface area contributed by atoms with Crippen LogP contribution in [-0.4, -0.2) is 24.4 Å². The third-order valence-corrected chi connectivity index (χ3v) is 6.22. The Morgan fingerprint density at radius 3 is 2.64 bits per heavy atom. The van der Waals surface area contributed by atoms with Crippen molar-refractivity contribution >= 4 is 22.4 Å². The highest BCUT2D eigenvalue weighted by Gasteiger charge is 2.16. The minimum absolute atomic E-state index is 0.209. The number of rotatable bonds is 4. The molecular weight excluding hydrogens is 434 g/mol. The normalized spacial score (nSPS) is 12.1. The van der Waals surface area contributed by atoms with E-state index < -0.39 is 0 Å². The second kappa shape index (κ2) is 7.68. The molecule has 0 saturated heterocycles. The zero-order valence-electron chi connectivity index (χ0n) is 17.5. The number of para-hydroxylation sites is 1. The molecule has 33 heavy (non-hydrogen) atoms. The van der Waals surface area contributed by atoms with E-state index in [9.17, 15) is 4.79 Å². The lowest BCUT2D eigenvalue weighted by atomic mass is 10.1. The van der Waals surface area contributed by atoms with Crippen LogP contribution in [0.1, 0.15) is 11.1 Å². The zero-order valence-corrected chi connectivity index (χ0v) is 18.4. The van der Waals surface area contributed by atoms with Gasteiger partial charge >= 0.3 is 0 Å². The van der Waals surface area contributed by atoms with Crippen LogP contribution in [0.5, 0.6) is 0 Å². The minimum atomic E-state index is -0.209. The predicted octanol–water partition coefficient (Wildman–Crippen LogP) is 4.12. The van der Waals surface area contributed by atoms with Crippen molar-refractivity contribution in [2.75, 3.05) is 0 Å². The van der Waals surface area contributed by atoms with Crippen LogP contribution >= 0.6 is 11.3 Å². The number of aromatic nitrogens is 5. The summed E-state index contributed by atoms with van der Waals surface area (Å²) in [6.45, 7) is 2.01. The Morgan fingerprint density at radius 2 is 1.88 bits per heavy atom. The van der Waals surface area contributed by atoms with Gasteiger partial charge in [-0.1, -0.05) is 53.3 Å². The van der Waals surface area contributed by atoms with E-state index in [1.165, 1.54) is 15.9 Å². The highest BCUT2D eigenvalue weighted by molar-refractivity contribution is 7.15. The first-order valence-electron chi connectivity index (χ1n) is 10.3. The number of aryl methyl sites for hydroxylation is 1. The molecule has 8 heteroatoms. The number of benzene rings is 2. The molecule has 160 valence electrons. The van der Waals surface area contributed by atoms with Gasteiger partial charge in [0.2, 0.25) is 4.96 Å². The lowest BCUT2D eigenvalue weighted by molar-refractivity contribution is 0.579. The van der Waals surface area contributed by atoms with E-state index in [2.05, 4.69) is 10.1 Å². The maximum Gasteiger partial charge on any atom is 0.291 e. The number of furan rings is 1. The molecule has 0 amide bonds.